The third-order valence-corrected chi connectivity index (χ3v) is 6.39. The molecule has 1 saturated carbocycles. The zero-order valence-corrected chi connectivity index (χ0v) is 17.2. The van der Waals surface area contributed by atoms with Crippen molar-refractivity contribution in [2.45, 2.75) is 39.0 Å². The zero-order valence-electron chi connectivity index (χ0n) is 16.5. The molecule has 2 aromatic rings. The lowest BCUT2D eigenvalue weighted by Crippen LogP contribution is -2.45. The van der Waals surface area contributed by atoms with Crippen LogP contribution in [0.15, 0.2) is 42.6 Å². The summed E-state index contributed by atoms with van der Waals surface area (Å²) in [5.74, 6) is 2.01. The third-order valence-electron chi connectivity index (χ3n) is 6.14. The van der Waals surface area contributed by atoms with Gasteiger partial charge in [-0.15, -0.1) is 0 Å². The lowest BCUT2D eigenvalue weighted by molar-refractivity contribution is -0.123. The summed E-state index contributed by atoms with van der Waals surface area (Å²) in [6.45, 7) is 4.68. The molecule has 1 aromatic heterocycles. The van der Waals surface area contributed by atoms with E-state index in [1.54, 1.807) is 0 Å². The first kappa shape index (κ1) is 19.3. The number of rotatable bonds is 5. The smallest absolute Gasteiger partial charge is 0.230 e. The summed E-state index contributed by atoms with van der Waals surface area (Å²) in [5, 5.41) is 0.707. The summed E-state index contributed by atoms with van der Waals surface area (Å²) in [6, 6.07) is 11.9. The van der Waals surface area contributed by atoms with Gasteiger partial charge >= 0.3 is 0 Å². The summed E-state index contributed by atoms with van der Waals surface area (Å²) < 4.78 is 0. The first-order valence-electron chi connectivity index (χ1n) is 10.3. The molecule has 2 heterocycles. The van der Waals surface area contributed by atoms with Crippen LogP contribution in [0.1, 0.15) is 37.7 Å². The second kappa shape index (κ2) is 8.52. The fraction of sp³-hybridized carbons (Fsp3) is 0.478. The lowest BCUT2D eigenvalue weighted by Gasteiger charge is -2.37. The third kappa shape index (κ3) is 4.33. The molecule has 1 saturated heterocycles. The van der Waals surface area contributed by atoms with Crippen LogP contribution in [0.5, 0.6) is 0 Å². The number of anilines is 2. The SMILES string of the molecule is Cc1ccnc(N2CCC(C(=O)N(CC3CCC3)c3ccc(Cl)cc3)CC2)c1. The van der Waals surface area contributed by atoms with Gasteiger partial charge in [0, 0.05) is 42.5 Å². The highest BCUT2D eigenvalue weighted by Crippen LogP contribution is 2.32. The number of piperidine rings is 1. The van der Waals surface area contributed by atoms with Gasteiger partial charge in [0.15, 0.2) is 0 Å². The van der Waals surface area contributed by atoms with Gasteiger partial charge in [-0.25, -0.2) is 4.98 Å². The molecule has 1 aromatic carbocycles. The molecule has 28 heavy (non-hydrogen) atoms. The molecular weight excluding hydrogens is 370 g/mol. The Bertz CT molecular complexity index is 811. The van der Waals surface area contributed by atoms with Crippen LogP contribution in [-0.4, -0.2) is 30.5 Å². The number of benzene rings is 1. The van der Waals surface area contributed by atoms with E-state index in [-0.39, 0.29) is 11.8 Å². The molecule has 148 valence electrons. The van der Waals surface area contributed by atoms with Gasteiger partial charge in [-0.3, -0.25) is 4.79 Å². The van der Waals surface area contributed by atoms with Crippen molar-refractivity contribution in [2.24, 2.45) is 11.8 Å². The number of hydrogen-bond acceptors (Lipinski definition) is 3. The van der Waals surface area contributed by atoms with Crippen LogP contribution in [0, 0.1) is 18.8 Å². The van der Waals surface area contributed by atoms with Crippen molar-refractivity contribution in [1.82, 2.24) is 4.98 Å². The number of hydrogen-bond donors (Lipinski definition) is 0. The minimum atomic E-state index is 0.0804. The van der Waals surface area contributed by atoms with Crippen molar-refractivity contribution in [3.8, 4) is 0 Å². The van der Waals surface area contributed by atoms with E-state index in [1.807, 2.05) is 41.4 Å². The van der Waals surface area contributed by atoms with Crippen LogP contribution in [0.2, 0.25) is 5.02 Å². The van der Waals surface area contributed by atoms with E-state index >= 15 is 0 Å². The lowest BCUT2D eigenvalue weighted by atomic mass is 9.84. The standard InChI is InChI=1S/C23H28ClN3O/c1-17-9-12-25-22(15-17)26-13-10-19(11-14-26)23(28)27(16-18-3-2-4-18)21-7-5-20(24)6-8-21/h5-9,12,15,18-19H,2-4,10-11,13-14,16H2,1H3. The summed E-state index contributed by atoms with van der Waals surface area (Å²) in [5.41, 5.74) is 2.20. The van der Waals surface area contributed by atoms with E-state index in [0.717, 1.165) is 44.0 Å². The van der Waals surface area contributed by atoms with Crippen molar-refractivity contribution in [3.63, 3.8) is 0 Å². The Morgan fingerprint density at radius 1 is 1.14 bits per heavy atom. The largest absolute Gasteiger partial charge is 0.357 e. The van der Waals surface area contributed by atoms with Gasteiger partial charge < -0.3 is 9.80 Å². The Balaban J connectivity index is 1.44. The highest BCUT2D eigenvalue weighted by molar-refractivity contribution is 6.30. The fourth-order valence-electron chi connectivity index (χ4n) is 4.15. The van der Waals surface area contributed by atoms with E-state index in [1.165, 1.54) is 24.8 Å². The number of carbonyl (C=O) groups is 1. The van der Waals surface area contributed by atoms with Gasteiger partial charge in [0.25, 0.3) is 0 Å². The summed E-state index contributed by atoms with van der Waals surface area (Å²) in [6.07, 6.45) is 7.37. The average Bonchev–Trinajstić information content (AvgIpc) is 2.68. The second-order valence-electron chi connectivity index (χ2n) is 8.17. The minimum Gasteiger partial charge on any atom is -0.357 e. The number of carbonyl (C=O) groups excluding carboxylic acids is 1. The average molecular weight is 398 g/mol. The monoisotopic (exact) mass is 397 g/mol. The number of nitrogens with zero attached hydrogens (tertiary/aromatic N) is 3. The van der Waals surface area contributed by atoms with Gasteiger partial charge in [0.2, 0.25) is 5.91 Å². The Hall–Kier alpha value is -2.07. The van der Waals surface area contributed by atoms with E-state index in [4.69, 9.17) is 11.6 Å². The molecule has 4 rings (SSSR count). The number of halogens is 1. The number of aromatic nitrogens is 1. The quantitative estimate of drug-likeness (QED) is 0.704. The van der Waals surface area contributed by atoms with Crippen molar-refractivity contribution in [2.75, 3.05) is 29.4 Å². The van der Waals surface area contributed by atoms with Crippen LogP contribution in [0.3, 0.4) is 0 Å². The van der Waals surface area contributed by atoms with Crippen molar-refractivity contribution >= 4 is 29.0 Å². The maximum atomic E-state index is 13.4. The fourth-order valence-corrected chi connectivity index (χ4v) is 4.27. The van der Waals surface area contributed by atoms with Crippen molar-refractivity contribution in [3.05, 3.63) is 53.2 Å². The maximum Gasteiger partial charge on any atom is 0.230 e. The van der Waals surface area contributed by atoms with Gasteiger partial charge in [0.1, 0.15) is 5.82 Å². The van der Waals surface area contributed by atoms with Gasteiger partial charge in [0.05, 0.1) is 0 Å². The Morgan fingerprint density at radius 2 is 1.86 bits per heavy atom. The predicted molar refractivity (Wildman–Crippen MR) is 115 cm³/mol. The molecule has 2 aliphatic rings. The molecule has 0 N–H and O–H groups in total. The molecule has 0 spiro atoms. The number of pyridine rings is 1. The molecule has 0 unspecified atom stereocenters. The van der Waals surface area contributed by atoms with E-state index in [2.05, 4.69) is 22.9 Å². The molecule has 0 atom stereocenters. The van der Waals surface area contributed by atoms with E-state index < -0.39 is 0 Å². The van der Waals surface area contributed by atoms with Gasteiger partial charge in [-0.05, 0) is 80.5 Å². The zero-order chi connectivity index (χ0) is 19.5. The Labute approximate surface area is 172 Å². The highest BCUT2D eigenvalue weighted by atomic mass is 35.5. The first-order valence-corrected chi connectivity index (χ1v) is 10.7. The second-order valence-corrected chi connectivity index (χ2v) is 8.61. The topological polar surface area (TPSA) is 36.4 Å². The van der Waals surface area contributed by atoms with Gasteiger partial charge in [-0.2, -0.15) is 0 Å². The summed E-state index contributed by atoms with van der Waals surface area (Å²) >= 11 is 6.06. The molecule has 4 nitrogen and oxygen atoms in total. The summed E-state index contributed by atoms with van der Waals surface area (Å²) in [7, 11) is 0. The number of amides is 1. The minimum absolute atomic E-state index is 0.0804. The highest BCUT2D eigenvalue weighted by Gasteiger charge is 2.32. The van der Waals surface area contributed by atoms with Crippen molar-refractivity contribution in [1.29, 1.82) is 0 Å². The van der Waals surface area contributed by atoms with Crippen LogP contribution in [0.4, 0.5) is 11.5 Å². The molecule has 2 fully saturated rings. The molecule has 1 amide bonds. The Kier molecular flexibility index (Phi) is 5.86. The Morgan fingerprint density at radius 3 is 2.46 bits per heavy atom. The van der Waals surface area contributed by atoms with E-state index in [0.29, 0.717) is 10.9 Å². The molecule has 5 heteroatoms. The molecule has 1 aliphatic heterocycles. The van der Waals surface area contributed by atoms with Crippen LogP contribution in [-0.2, 0) is 4.79 Å². The molecule has 0 radical (unpaired) electrons. The number of aryl methyl sites for hydroxylation is 1. The predicted octanol–water partition coefficient (Wildman–Crippen LogP) is 5.09. The molecule has 0 bridgehead atoms. The maximum absolute atomic E-state index is 13.4. The molecular formula is C23H28ClN3O. The molecule has 1 aliphatic carbocycles. The van der Waals surface area contributed by atoms with Crippen LogP contribution >= 0.6 is 11.6 Å². The van der Waals surface area contributed by atoms with Crippen molar-refractivity contribution < 1.29 is 4.79 Å². The van der Waals surface area contributed by atoms with Crippen LogP contribution < -0.4 is 9.80 Å². The van der Waals surface area contributed by atoms with Crippen LogP contribution in [0.25, 0.3) is 0 Å². The first-order chi connectivity index (χ1) is 13.6. The normalized spacial score (nSPS) is 18.0. The van der Waals surface area contributed by atoms with E-state index in [9.17, 15) is 4.79 Å². The summed E-state index contributed by atoms with van der Waals surface area (Å²) in [4.78, 5) is 22.2. The van der Waals surface area contributed by atoms with Gasteiger partial charge in [-0.1, -0.05) is 18.0 Å².